The van der Waals surface area contributed by atoms with Crippen LogP contribution < -0.4 is 0 Å². The first-order valence-electron chi connectivity index (χ1n) is 11.8. The zero-order valence-corrected chi connectivity index (χ0v) is 18.7. The minimum atomic E-state index is -0.228. The predicted molar refractivity (Wildman–Crippen MR) is 126 cm³/mol. The Labute approximate surface area is 194 Å². The number of hydrogen-bond acceptors (Lipinski definition) is 4. The van der Waals surface area contributed by atoms with Crippen molar-refractivity contribution in [3.8, 4) is 0 Å². The number of ether oxygens (including phenoxy) is 1. The van der Waals surface area contributed by atoms with Gasteiger partial charge in [-0.1, -0.05) is 66.7 Å². The Kier molecular flexibility index (Phi) is 6.29. The number of benzene rings is 2. The second kappa shape index (κ2) is 9.49. The van der Waals surface area contributed by atoms with Crippen molar-refractivity contribution >= 4 is 24.0 Å². The highest BCUT2D eigenvalue weighted by Gasteiger charge is 2.54. The second-order valence-electron chi connectivity index (χ2n) is 9.16. The number of aliphatic hydroxyl groups is 1. The molecule has 3 aliphatic heterocycles. The summed E-state index contributed by atoms with van der Waals surface area (Å²) in [6, 6.07) is 18.1. The molecule has 3 saturated heterocycles. The van der Waals surface area contributed by atoms with E-state index in [1.807, 2.05) is 18.2 Å². The number of carbonyl (C=O) groups is 2. The van der Waals surface area contributed by atoms with Gasteiger partial charge in [0.25, 0.3) is 0 Å². The summed E-state index contributed by atoms with van der Waals surface area (Å²) < 4.78 is 5.38. The normalized spacial score (nSPS) is 25.7. The van der Waals surface area contributed by atoms with Gasteiger partial charge in [0.05, 0.1) is 25.2 Å². The molecule has 6 nitrogen and oxygen atoms in total. The molecule has 3 fully saturated rings. The molecule has 0 unspecified atom stereocenters. The van der Waals surface area contributed by atoms with E-state index in [0.29, 0.717) is 19.8 Å². The maximum Gasteiger partial charge on any atom is 0.242 e. The van der Waals surface area contributed by atoms with E-state index in [1.54, 1.807) is 9.80 Å². The van der Waals surface area contributed by atoms with Gasteiger partial charge in [-0.3, -0.25) is 9.59 Å². The Balaban J connectivity index is 1.30. The van der Waals surface area contributed by atoms with Crippen LogP contribution in [0.1, 0.15) is 35.4 Å². The molecule has 0 saturated carbocycles. The molecule has 3 heterocycles. The summed E-state index contributed by atoms with van der Waals surface area (Å²) in [5.41, 5.74) is 3.34. The Morgan fingerprint density at radius 2 is 1.67 bits per heavy atom. The van der Waals surface area contributed by atoms with Gasteiger partial charge in [-0.2, -0.15) is 0 Å². The molecular formula is C27H30N2O4. The van der Waals surface area contributed by atoms with Gasteiger partial charge in [-0.25, -0.2) is 0 Å². The SMILES string of the molecule is O=C(C1CCOCC1)N1CC(=O)N2[C@H](C1)[C@H](c1ccc(C=Cc3ccccc3)cc1)[C@@H]2CO. The largest absolute Gasteiger partial charge is 0.394 e. The van der Waals surface area contributed by atoms with Crippen molar-refractivity contribution in [1.82, 2.24) is 9.80 Å². The number of nitrogens with zero attached hydrogens (tertiary/aromatic N) is 2. The average Bonchev–Trinajstić information content (AvgIpc) is 2.85. The smallest absolute Gasteiger partial charge is 0.242 e. The van der Waals surface area contributed by atoms with Gasteiger partial charge >= 0.3 is 0 Å². The fourth-order valence-corrected chi connectivity index (χ4v) is 5.46. The first-order chi connectivity index (χ1) is 16.2. The summed E-state index contributed by atoms with van der Waals surface area (Å²) in [7, 11) is 0. The van der Waals surface area contributed by atoms with Crippen molar-refractivity contribution in [3.05, 3.63) is 71.3 Å². The number of amides is 2. The Hall–Kier alpha value is -2.96. The molecular weight excluding hydrogens is 416 g/mol. The third kappa shape index (κ3) is 4.33. The fourth-order valence-electron chi connectivity index (χ4n) is 5.46. The molecule has 6 heteroatoms. The molecule has 0 radical (unpaired) electrons. The number of rotatable bonds is 5. The second-order valence-corrected chi connectivity index (χ2v) is 9.16. The molecule has 2 amide bonds. The van der Waals surface area contributed by atoms with Crippen molar-refractivity contribution in [1.29, 1.82) is 0 Å². The highest BCUT2D eigenvalue weighted by Crippen LogP contribution is 2.43. The molecule has 0 spiro atoms. The third-order valence-corrected chi connectivity index (χ3v) is 7.22. The van der Waals surface area contributed by atoms with Gasteiger partial charge < -0.3 is 19.6 Å². The number of piperazine rings is 1. The molecule has 0 aromatic heterocycles. The minimum Gasteiger partial charge on any atom is -0.394 e. The molecule has 2 aromatic rings. The molecule has 172 valence electrons. The van der Waals surface area contributed by atoms with Crippen LogP contribution in [0.15, 0.2) is 54.6 Å². The minimum absolute atomic E-state index is 0.0244. The number of carbonyl (C=O) groups excluding carboxylic acids is 2. The van der Waals surface area contributed by atoms with Crippen LogP contribution in [-0.4, -0.2) is 71.7 Å². The van der Waals surface area contributed by atoms with Gasteiger partial charge in [0, 0.05) is 31.6 Å². The maximum absolute atomic E-state index is 13.0. The summed E-state index contributed by atoms with van der Waals surface area (Å²) in [4.78, 5) is 29.4. The lowest BCUT2D eigenvalue weighted by molar-refractivity contribution is -0.169. The van der Waals surface area contributed by atoms with E-state index in [4.69, 9.17) is 4.74 Å². The molecule has 2 aromatic carbocycles. The molecule has 0 aliphatic carbocycles. The molecule has 1 N–H and O–H groups in total. The quantitative estimate of drug-likeness (QED) is 0.717. The van der Waals surface area contributed by atoms with Crippen LogP contribution in [-0.2, 0) is 14.3 Å². The lowest BCUT2D eigenvalue weighted by Crippen LogP contribution is -2.73. The highest BCUT2D eigenvalue weighted by atomic mass is 16.5. The third-order valence-electron chi connectivity index (χ3n) is 7.22. The predicted octanol–water partition coefficient (Wildman–Crippen LogP) is 2.78. The van der Waals surface area contributed by atoms with E-state index < -0.39 is 0 Å². The van der Waals surface area contributed by atoms with Crippen molar-refractivity contribution in [2.45, 2.75) is 30.8 Å². The van der Waals surface area contributed by atoms with Crippen molar-refractivity contribution in [2.75, 3.05) is 32.9 Å². The van der Waals surface area contributed by atoms with Crippen LogP contribution in [0.3, 0.4) is 0 Å². The van der Waals surface area contributed by atoms with Crippen LogP contribution in [0.5, 0.6) is 0 Å². The Morgan fingerprint density at radius 1 is 1.00 bits per heavy atom. The van der Waals surface area contributed by atoms with Crippen molar-refractivity contribution in [2.24, 2.45) is 5.92 Å². The summed E-state index contributed by atoms with van der Waals surface area (Å²) in [6.07, 6.45) is 5.60. The Morgan fingerprint density at radius 3 is 2.33 bits per heavy atom. The van der Waals surface area contributed by atoms with E-state index >= 15 is 0 Å². The first kappa shape index (κ1) is 21.9. The van der Waals surface area contributed by atoms with Crippen LogP contribution in [0.4, 0.5) is 0 Å². The zero-order chi connectivity index (χ0) is 22.8. The van der Waals surface area contributed by atoms with Gasteiger partial charge in [0.15, 0.2) is 0 Å². The summed E-state index contributed by atoms with van der Waals surface area (Å²) in [5, 5.41) is 10.0. The number of fused-ring (bicyclic) bond motifs is 1. The van der Waals surface area contributed by atoms with Crippen molar-refractivity contribution < 1.29 is 19.4 Å². The highest BCUT2D eigenvalue weighted by molar-refractivity contribution is 5.88. The summed E-state index contributed by atoms with van der Waals surface area (Å²) >= 11 is 0. The molecule has 33 heavy (non-hydrogen) atoms. The van der Waals surface area contributed by atoms with Crippen LogP contribution in [0.2, 0.25) is 0 Å². The maximum atomic E-state index is 13.0. The van der Waals surface area contributed by atoms with Gasteiger partial charge in [0.1, 0.15) is 0 Å². The van der Waals surface area contributed by atoms with Crippen molar-refractivity contribution in [3.63, 3.8) is 0 Å². The monoisotopic (exact) mass is 446 g/mol. The van der Waals surface area contributed by atoms with E-state index in [0.717, 1.165) is 29.5 Å². The number of aliphatic hydroxyl groups excluding tert-OH is 1. The summed E-state index contributed by atoms with van der Waals surface area (Å²) in [6.45, 7) is 1.77. The number of hydrogen-bond donors (Lipinski definition) is 1. The standard InChI is InChI=1S/C27H30N2O4/c30-18-24-26(21-10-8-20(9-11-21)7-6-19-4-2-1-3-5-19)23-16-28(17-25(31)29(23)24)27(32)22-12-14-33-15-13-22/h1-11,22-24,26,30H,12-18H2/t23-,24+,26+/m1/s1. The van der Waals surface area contributed by atoms with E-state index in [-0.39, 0.29) is 48.9 Å². The van der Waals surface area contributed by atoms with Crippen LogP contribution >= 0.6 is 0 Å². The molecule has 3 aliphatic rings. The summed E-state index contributed by atoms with van der Waals surface area (Å²) in [5.74, 6) is -0.0272. The zero-order valence-electron chi connectivity index (χ0n) is 18.7. The topological polar surface area (TPSA) is 70.1 Å². The van der Waals surface area contributed by atoms with E-state index in [9.17, 15) is 14.7 Å². The molecule has 0 bridgehead atoms. The fraction of sp³-hybridized carbons (Fsp3) is 0.407. The van der Waals surface area contributed by atoms with E-state index in [2.05, 4.69) is 48.6 Å². The van der Waals surface area contributed by atoms with Crippen LogP contribution in [0, 0.1) is 5.92 Å². The van der Waals surface area contributed by atoms with E-state index in [1.165, 1.54) is 0 Å². The Bertz CT molecular complexity index is 1010. The molecule has 5 rings (SSSR count). The lowest BCUT2D eigenvalue weighted by Gasteiger charge is -2.59. The van der Waals surface area contributed by atoms with Gasteiger partial charge in [0.2, 0.25) is 11.8 Å². The lowest BCUT2D eigenvalue weighted by atomic mass is 9.73. The first-order valence-corrected chi connectivity index (χ1v) is 11.8. The molecule has 3 atom stereocenters. The van der Waals surface area contributed by atoms with Crippen LogP contribution in [0.25, 0.3) is 12.2 Å². The average molecular weight is 447 g/mol. The van der Waals surface area contributed by atoms with Gasteiger partial charge in [-0.15, -0.1) is 0 Å². The van der Waals surface area contributed by atoms with Gasteiger partial charge in [-0.05, 0) is 29.5 Å².